The number of carbonyl (C=O) groups is 2. The quantitative estimate of drug-likeness (QED) is 0.796. The van der Waals surface area contributed by atoms with E-state index in [4.69, 9.17) is 0 Å². The number of benzene rings is 2. The van der Waals surface area contributed by atoms with E-state index in [2.05, 4.69) is 0 Å². The molecule has 0 atom stereocenters. The first kappa shape index (κ1) is 13.4. The van der Waals surface area contributed by atoms with Crippen molar-refractivity contribution in [3.8, 4) is 0 Å². The highest BCUT2D eigenvalue weighted by atomic mass is 19.2. The molecule has 0 spiro atoms. The lowest BCUT2D eigenvalue weighted by Gasteiger charge is -2.16. The van der Waals surface area contributed by atoms with Gasteiger partial charge in [0.15, 0.2) is 11.6 Å². The third-order valence-corrected chi connectivity index (χ3v) is 3.47. The van der Waals surface area contributed by atoms with Gasteiger partial charge in [-0.25, -0.2) is 8.78 Å². The van der Waals surface area contributed by atoms with E-state index in [1.807, 2.05) is 31.2 Å². The van der Waals surface area contributed by atoms with Gasteiger partial charge in [0, 0.05) is 6.07 Å². The second-order valence-electron chi connectivity index (χ2n) is 4.99. The first-order valence-electron chi connectivity index (χ1n) is 6.38. The molecule has 5 heteroatoms. The van der Waals surface area contributed by atoms with E-state index in [9.17, 15) is 18.4 Å². The summed E-state index contributed by atoms with van der Waals surface area (Å²) in [6.07, 6.45) is 0. The van der Waals surface area contributed by atoms with E-state index in [0.717, 1.165) is 23.3 Å². The fraction of sp³-hybridized carbons (Fsp3) is 0.125. The van der Waals surface area contributed by atoms with Crippen LogP contribution in [0.1, 0.15) is 21.5 Å². The SMILES string of the molecule is Cc1ccc(CN2C(=O)C(=O)c3cc(F)c(F)cc32)cc1. The number of nitrogens with zero attached hydrogens (tertiary/aromatic N) is 1. The number of ketones is 1. The van der Waals surface area contributed by atoms with Crippen molar-refractivity contribution in [1.82, 2.24) is 0 Å². The standard InChI is InChI=1S/C16H11F2NO2/c1-9-2-4-10(5-3-9)8-19-14-7-13(18)12(17)6-11(14)15(20)16(19)21/h2-7H,8H2,1H3. The fourth-order valence-electron chi connectivity index (χ4n) is 2.32. The third kappa shape index (κ3) is 2.20. The number of hydrogen-bond acceptors (Lipinski definition) is 2. The Kier molecular flexibility index (Phi) is 3.05. The van der Waals surface area contributed by atoms with Gasteiger partial charge in [0.2, 0.25) is 0 Å². The molecule has 2 aromatic rings. The first-order valence-corrected chi connectivity index (χ1v) is 6.38. The molecule has 1 amide bonds. The van der Waals surface area contributed by atoms with Crippen LogP contribution in [0, 0.1) is 18.6 Å². The Morgan fingerprint density at radius 3 is 2.29 bits per heavy atom. The summed E-state index contributed by atoms with van der Waals surface area (Å²) >= 11 is 0. The van der Waals surface area contributed by atoms with Gasteiger partial charge in [-0.15, -0.1) is 0 Å². The summed E-state index contributed by atoms with van der Waals surface area (Å²) in [5.74, 6) is -3.79. The molecule has 0 saturated carbocycles. The van der Waals surface area contributed by atoms with Crippen molar-refractivity contribution in [2.45, 2.75) is 13.5 Å². The van der Waals surface area contributed by atoms with Crippen LogP contribution in [0.3, 0.4) is 0 Å². The van der Waals surface area contributed by atoms with Crippen molar-refractivity contribution >= 4 is 17.4 Å². The molecule has 0 N–H and O–H groups in total. The third-order valence-electron chi connectivity index (χ3n) is 3.47. The van der Waals surface area contributed by atoms with Crippen LogP contribution in [0.25, 0.3) is 0 Å². The molecule has 21 heavy (non-hydrogen) atoms. The Hall–Kier alpha value is -2.56. The number of fused-ring (bicyclic) bond motifs is 1. The summed E-state index contributed by atoms with van der Waals surface area (Å²) in [5, 5.41) is 0. The zero-order valence-corrected chi connectivity index (χ0v) is 11.2. The molecular weight excluding hydrogens is 276 g/mol. The lowest BCUT2D eigenvalue weighted by atomic mass is 10.1. The van der Waals surface area contributed by atoms with E-state index in [-0.39, 0.29) is 17.8 Å². The Morgan fingerprint density at radius 1 is 1.00 bits per heavy atom. The topological polar surface area (TPSA) is 37.4 Å². The average Bonchev–Trinajstić information content (AvgIpc) is 2.67. The fourth-order valence-corrected chi connectivity index (χ4v) is 2.32. The number of rotatable bonds is 2. The van der Waals surface area contributed by atoms with Crippen molar-refractivity contribution < 1.29 is 18.4 Å². The van der Waals surface area contributed by atoms with Crippen LogP contribution >= 0.6 is 0 Å². The van der Waals surface area contributed by atoms with Crippen molar-refractivity contribution in [1.29, 1.82) is 0 Å². The molecule has 1 aliphatic rings. The van der Waals surface area contributed by atoms with Gasteiger partial charge in [0.25, 0.3) is 11.7 Å². The van der Waals surface area contributed by atoms with Crippen molar-refractivity contribution in [3.63, 3.8) is 0 Å². The summed E-state index contributed by atoms with van der Waals surface area (Å²) in [6.45, 7) is 2.07. The average molecular weight is 287 g/mol. The van der Waals surface area contributed by atoms with Gasteiger partial charge in [0.05, 0.1) is 17.8 Å². The molecule has 3 nitrogen and oxygen atoms in total. The Balaban J connectivity index is 2.01. The normalized spacial score (nSPS) is 13.8. The highest BCUT2D eigenvalue weighted by molar-refractivity contribution is 6.52. The predicted octanol–water partition coefficient (Wildman–Crippen LogP) is 3.00. The largest absolute Gasteiger partial charge is 0.300 e. The molecule has 0 bridgehead atoms. The number of amides is 1. The molecule has 3 rings (SSSR count). The molecule has 0 fully saturated rings. The van der Waals surface area contributed by atoms with Gasteiger partial charge < -0.3 is 4.90 Å². The molecular formula is C16H11F2NO2. The zero-order chi connectivity index (χ0) is 15.1. The summed E-state index contributed by atoms with van der Waals surface area (Å²) in [7, 11) is 0. The summed E-state index contributed by atoms with van der Waals surface area (Å²) < 4.78 is 26.6. The highest BCUT2D eigenvalue weighted by Crippen LogP contribution is 2.32. The van der Waals surface area contributed by atoms with E-state index >= 15 is 0 Å². The number of hydrogen-bond donors (Lipinski definition) is 0. The van der Waals surface area contributed by atoms with Gasteiger partial charge in [-0.05, 0) is 18.6 Å². The van der Waals surface area contributed by atoms with E-state index in [1.54, 1.807) is 0 Å². The van der Waals surface area contributed by atoms with Gasteiger partial charge in [-0.1, -0.05) is 29.8 Å². The van der Waals surface area contributed by atoms with Gasteiger partial charge in [0.1, 0.15) is 0 Å². The Labute approximate surface area is 119 Å². The summed E-state index contributed by atoms with van der Waals surface area (Å²) in [4.78, 5) is 25.0. The molecule has 0 aromatic heterocycles. The molecule has 1 heterocycles. The van der Waals surface area contributed by atoms with Crippen LogP contribution in [-0.4, -0.2) is 11.7 Å². The van der Waals surface area contributed by atoms with Crippen LogP contribution in [0.5, 0.6) is 0 Å². The maximum Gasteiger partial charge on any atom is 0.299 e. The van der Waals surface area contributed by atoms with Crippen LogP contribution in [0.4, 0.5) is 14.5 Å². The molecule has 2 aromatic carbocycles. The zero-order valence-electron chi connectivity index (χ0n) is 11.2. The molecule has 0 radical (unpaired) electrons. The number of anilines is 1. The number of halogens is 2. The maximum absolute atomic E-state index is 13.4. The van der Waals surface area contributed by atoms with E-state index in [1.165, 1.54) is 4.90 Å². The van der Waals surface area contributed by atoms with Crippen LogP contribution in [0.2, 0.25) is 0 Å². The second kappa shape index (κ2) is 4.77. The van der Waals surface area contributed by atoms with Crippen molar-refractivity contribution in [3.05, 3.63) is 64.7 Å². The minimum Gasteiger partial charge on any atom is -0.300 e. The van der Waals surface area contributed by atoms with Crippen LogP contribution in [0.15, 0.2) is 36.4 Å². The van der Waals surface area contributed by atoms with Gasteiger partial charge in [-0.2, -0.15) is 0 Å². The predicted molar refractivity (Wildman–Crippen MR) is 73.1 cm³/mol. The van der Waals surface area contributed by atoms with Gasteiger partial charge >= 0.3 is 0 Å². The molecule has 0 unspecified atom stereocenters. The van der Waals surface area contributed by atoms with Gasteiger partial charge in [-0.3, -0.25) is 9.59 Å². The minimum absolute atomic E-state index is 0.0917. The maximum atomic E-state index is 13.4. The lowest BCUT2D eigenvalue weighted by molar-refractivity contribution is -0.114. The molecule has 106 valence electrons. The number of aryl methyl sites for hydroxylation is 1. The van der Waals surface area contributed by atoms with Crippen LogP contribution in [-0.2, 0) is 11.3 Å². The van der Waals surface area contributed by atoms with Crippen LogP contribution < -0.4 is 4.90 Å². The van der Waals surface area contributed by atoms with Crippen molar-refractivity contribution in [2.24, 2.45) is 0 Å². The minimum atomic E-state index is -1.13. The summed E-state index contributed by atoms with van der Waals surface area (Å²) in [6, 6.07) is 9.07. The Morgan fingerprint density at radius 2 is 1.62 bits per heavy atom. The Bertz CT molecular complexity index is 754. The molecule has 0 aliphatic carbocycles. The number of Topliss-reactive ketones (excluding diaryl/α,β-unsaturated/α-hetero) is 1. The van der Waals surface area contributed by atoms with E-state index < -0.39 is 23.3 Å². The van der Waals surface area contributed by atoms with E-state index in [0.29, 0.717) is 0 Å². The second-order valence-corrected chi connectivity index (χ2v) is 4.99. The monoisotopic (exact) mass is 287 g/mol. The van der Waals surface area contributed by atoms with Crippen molar-refractivity contribution in [2.75, 3.05) is 4.90 Å². The lowest BCUT2D eigenvalue weighted by Crippen LogP contribution is -2.29. The molecule has 1 aliphatic heterocycles. The molecule has 0 saturated heterocycles. The first-order chi connectivity index (χ1) is 9.97. The summed E-state index contributed by atoms with van der Waals surface area (Å²) in [5.41, 5.74) is 1.89. The smallest absolute Gasteiger partial charge is 0.299 e. The number of carbonyl (C=O) groups excluding carboxylic acids is 2. The highest BCUT2D eigenvalue weighted by Gasteiger charge is 2.37.